The third-order valence-electron chi connectivity index (χ3n) is 2.19. The third-order valence-corrected chi connectivity index (χ3v) is 3.23. The minimum Gasteiger partial charge on any atom is -0.399 e. The molecular formula is C12H13N3S. The number of benzene rings is 1. The van der Waals surface area contributed by atoms with Crippen molar-refractivity contribution in [2.75, 3.05) is 5.73 Å². The highest BCUT2D eigenvalue weighted by molar-refractivity contribution is 7.99. The van der Waals surface area contributed by atoms with Crippen LogP contribution in [0.25, 0.3) is 0 Å². The number of nitrogens with zero attached hydrogens (tertiary/aromatic N) is 2. The number of nitrogens with two attached hydrogens (primary N) is 1. The molecule has 2 rings (SSSR count). The van der Waals surface area contributed by atoms with Gasteiger partial charge in [-0.2, -0.15) is 0 Å². The number of hydrogen-bond donors (Lipinski definition) is 1. The molecule has 0 amide bonds. The molecule has 1 heterocycles. The summed E-state index contributed by atoms with van der Waals surface area (Å²) < 4.78 is 0. The summed E-state index contributed by atoms with van der Waals surface area (Å²) in [4.78, 5) is 9.67. The lowest BCUT2D eigenvalue weighted by Crippen LogP contribution is -1.91. The molecule has 0 saturated carbocycles. The molecule has 0 fully saturated rings. The van der Waals surface area contributed by atoms with Gasteiger partial charge in [0.1, 0.15) is 0 Å². The Labute approximate surface area is 99.1 Å². The third kappa shape index (κ3) is 2.52. The van der Waals surface area contributed by atoms with Crippen LogP contribution in [-0.2, 0) is 0 Å². The van der Waals surface area contributed by atoms with Crippen molar-refractivity contribution < 1.29 is 0 Å². The lowest BCUT2D eigenvalue weighted by Gasteiger charge is -2.05. The molecule has 1 aromatic carbocycles. The summed E-state index contributed by atoms with van der Waals surface area (Å²) in [5.41, 5.74) is 8.68. The van der Waals surface area contributed by atoms with Gasteiger partial charge in [-0.25, -0.2) is 9.97 Å². The first-order valence-electron chi connectivity index (χ1n) is 4.99. The van der Waals surface area contributed by atoms with Crippen LogP contribution in [0.2, 0.25) is 0 Å². The second-order valence-electron chi connectivity index (χ2n) is 3.61. The van der Waals surface area contributed by atoms with Gasteiger partial charge in [-0.1, -0.05) is 6.07 Å². The van der Waals surface area contributed by atoms with Gasteiger partial charge in [-0.3, -0.25) is 0 Å². The largest absolute Gasteiger partial charge is 0.399 e. The van der Waals surface area contributed by atoms with Gasteiger partial charge in [0, 0.05) is 22.5 Å². The van der Waals surface area contributed by atoms with Crippen molar-refractivity contribution in [1.29, 1.82) is 0 Å². The summed E-state index contributed by atoms with van der Waals surface area (Å²) in [6.07, 6.45) is 1.77. The Kier molecular flexibility index (Phi) is 3.10. The smallest absolute Gasteiger partial charge is 0.192 e. The molecule has 0 unspecified atom stereocenters. The van der Waals surface area contributed by atoms with Gasteiger partial charge < -0.3 is 5.73 Å². The minimum absolute atomic E-state index is 0.758. The van der Waals surface area contributed by atoms with E-state index in [1.54, 1.807) is 18.0 Å². The molecule has 2 aromatic rings. The highest BCUT2D eigenvalue weighted by Crippen LogP contribution is 2.29. The van der Waals surface area contributed by atoms with E-state index in [2.05, 4.69) is 16.9 Å². The van der Waals surface area contributed by atoms with Crippen LogP contribution in [0, 0.1) is 13.8 Å². The predicted molar refractivity (Wildman–Crippen MR) is 66.5 cm³/mol. The fourth-order valence-corrected chi connectivity index (χ4v) is 2.22. The highest BCUT2D eigenvalue weighted by atomic mass is 32.2. The maximum absolute atomic E-state index is 5.76. The van der Waals surface area contributed by atoms with Crippen molar-refractivity contribution >= 4 is 17.4 Å². The molecule has 1 aromatic heterocycles. The average Bonchev–Trinajstić information content (AvgIpc) is 2.24. The van der Waals surface area contributed by atoms with Crippen LogP contribution in [0.15, 0.2) is 40.5 Å². The van der Waals surface area contributed by atoms with Gasteiger partial charge in [-0.15, -0.1) is 0 Å². The lowest BCUT2D eigenvalue weighted by molar-refractivity contribution is 0.931. The Hall–Kier alpha value is -1.55. The number of rotatable bonds is 2. The maximum atomic E-state index is 5.76. The van der Waals surface area contributed by atoms with Crippen LogP contribution < -0.4 is 5.73 Å². The Balaban J connectivity index is 2.30. The molecule has 2 N–H and O–H groups in total. The van der Waals surface area contributed by atoms with Gasteiger partial charge >= 0.3 is 0 Å². The second-order valence-corrected chi connectivity index (χ2v) is 4.62. The van der Waals surface area contributed by atoms with E-state index in [-0.39, 0.29) is 0 Å². The van der Waals surface area contributed by atoms with Crippen molar-refractivity contribution in [3.05, 3.63) is 41.7 Å². The Morgan fingerprint density at radius 2 is 2.00 bits per heavy atom. The number of aryl methyl sites for hydroxylation is 2. The molecule has 4 heteroatoms. The number of nitrogen functional groups attached to an aromatic ring is 1. The van der Waals surface area contributed by atoms with Crippen molar-refractivity contribution in [3.8, 4) is 0 Å². The van der Waals surface area contributed by atoms with E-state index in [9.17, 15) is 0 Å². The van der Waals surface area contributed by atoms with Crippen molar-refractivity contribution in [1.82, 2.24) is 9.97 Å². The zero-order valence-electron chi connectivity index (χ0n) is 9.27. The zero-order chi connectivity index (χ0) is 11.5. The summed E-state index contributed by atoms with van der Waals surface area (Å²) in [5, 5.41) is 0.758. The van der Waals surface area contributed by atoms with E-state index in [0.717, 1.165) is 21.4 Å². The van der Waals surface area contributed by atoms with Crippen LogP contribution in [0.1, 0.15) is 11.3 Å². The van der Waals surface area contributed by atoms with E-state index >= 15 is 0 Å². The molecule has 16 heavy (non-hydrogen) atoms. The monoisotopic (exact) mass is 231 g/mol. The Bertz CT molecular complexity index is 511. The summed E-state index contributed by atoms with van der Waals surface area (Å²) in [5.74, 6) is 0. The van der Waals surface area contributed by atoms with E-state index in [4.69, 9.17) is 5.73 Å². The first kappa shape index (κ1) is 11.0. The average molecular weight is 231 g/mol. The molecule has 0 atom stereocenters. The van der Waals surface area contributed by atoms with Gasteiger partial charge in [0.05, 0.1) is 0 Å². The van der Waals surface area contributed by atoms with E-state index < -0.39 is 0 Å². The first-order chi connectivity index (χ1) is 7.65. The van der Waals surface area contributed by atoms with Crippen molar-refractivity contribution in [2.24, 2.45) is 0 Å². The van der Waals surface area contributed by atoms with E-state index in [1.807, 2.05) is 31.2 Å². The fraction of sp³-hybridized carbons (Fsp3) is 0.167. The van der Waals surface area contributed by atoms with E-state index in [1.165, 1.54) is 5.56 Å². The van der Waals surface area contributed by atoms with Gasteiger partial charge in [0.25, 0.3) is 0 Å². The molecule has 0 radical (unpaired) electrons. The SMILES string of the molecule is Cc1ccnc(Sc2cc(N)ccc2C)n1. The number of anilines is 1. The number of hydrogen-bond acceptors (Lipinski definition) is 4. The molecule has 82 valence electrons. The van der Waals surface area contributed by atoms with Crippen LogP contribution in [0.3, 0.4) is 0 Å². The predicted octanol–water partition coefficient (Wildman–Crippen LogP) is 2.83. The molecule has 0 aliphatic heterocycles. The van der Waals surface area contributed by atoms with Crippen molar-refractivity contribution in [2.45, 2.75) is 23.9 Å². The highest BCUT2D eigenvalue weighted by Gasteiger charge is 2.04. The zero-order valence-corrected chi connectivity index (χ0v) is 10.1. The standard InChI is InChI=1S/C12H13N3S/c1-8-3-4-10(13)7-11(8)16-12-14-6-5-9(2)15-12/h3-7H,13H2,1-2H3. The van der Waals surface area contributed by atoms with Gasteiger partial charge in [-0.05, 0) is 49.4 Å². The molecule has 0 saturated heterocycles. The molecular weight excluding hydrogens is 218 g/mol. The molecule has 3 nitrogen and oxygen atoms in total. The second kappa shape index (κ2) is 4.53. The van der Waals surface area contributed by atoms with E-state index in [0.29, 0.717) is 0 Å². The quantitative estimate of drug-likeness (QED) is 0.638. The topological polar surface area (TPSA) is 51.8 Å². The maximum Gasteiger partial charge on any atom is 0.192 e. The summed E-state index contributed by atoms with van der Waals surface area (Å²) >= 11 is 1.54. The number of aromatic nitrogens is 2. The molecule has 0 aliphatic carbocycles. The Morgan fingerprint density at radius 1 is 1.19 bits per heavy atom. The molecule has 0 spiro atoms. The van der Waals surface area contributed by atoms with Gasteiger partial charge in [0.15, 0.2) is 5.16 Å². The first-order valence-corrected chi connectivity index (χ1v) is 5.80. The van der Waals surface area contributed by atoms with Crippen LogP contribution in [-0.4, -0.2) is 9.97 Å². The molecule has 0 bridgehead atoms. The summed E-state index contributed by atoms with van der Waals surface area (Å²) in [6.45, 7) is 4.01. The van der Waals surface area contributed by atoms with Crippen molar-refractivity contribution in [3.63, 3.8) is 0 Å². The minimum atomic E-state index is 0.758. The summed E-state index contributed by atoms with van der Waals surface area (Å²) in [6, 6.07) is 7.74. The van der Waals surface area contributed by atoms with Crippen LogP contribution >= 0.6 is 11.8 Å². The molecule has 0 aliphatic rings. The Morgan fingerprint density at radius 3 is 2.75 bits per heavy atom. The van der Waals surface area contributed by atoms with Gasteiger partial charge in [0.2, 0.25) is 0 Å². The van der Waals surface area contributed by atoms with Crippen LogP contribution in [0.4, 0.5) is 5.69 Å². The normalized spacial score (nSPS) is 10.4. The lowest BCUT2D eigenvalue weighted by atomic mass is 10.2. The van der Waals surface area contributed by atoms with Crippen LogP contribution in [0.5, 0.6) is 0 Å². The summed E-state index contributed by atoms with van der Waals surface area (Å²) in [7, 11) is 0. The fourth-order valence-electron chi connectivity index (χ4n) is 1.30.